The van der Waals surface area contributed by atoms with Crippen LogP contribution in [-0.2, 0) is 16.0 Å². The predicted molar refractivity (Wildman–Crippen MR) is 143 cm³/mol. The average molecular weight is 478 g/mol. The lowest BCUT2D eigenvalue weighted by atomic mass is 9.99. The lowest BCUT2D eigenvalue weighted by Crippen LogP contribution is -2.25. The standard InChI is InChI=1S/C30H39NO4/c1-7-8-9-10-23-11-14-27(22(6)15-23)29-16-24-12-13-26(17-28(24)31(29)21(4)5)34-18-25(32)19-35-30(33)20(2)3/h11-17,21,25,32H,2,7-10,18-19H2,1,3-6H3. The normalized spacial score (nSPS) is 12.2. The van der Waals surface area contributed by atoms with E-state index in [4.69, 9.17) is 9.47 Å². The Morgan fingerprint density at radius 2 is 1.86 bits per heavy atom. The number of fused-ring (bicyclic) bond motifs is 1. The van der Waals surface area contributed by atoms with Gasteiger partial charge < -0.3 is 19.1 Å². The fourth-order valence-electron chi connectivity index (χ4n) is 4.34. The van der Waals surface area contributed by atoms with E-state index in [0.29, 0.717) is 11.3 Å². The van der Waals surface area contributed by atoms with Crippen molar-refractivity contribution in [3.05, 3.63) is 65.7 Å². The van der Waals surface area contributed by atoms with Crippen molar-refractivity contribution in [2.45, 2.75) is 72.4 Å². The molecule has 188 valence electrons. The van der Waals surface area contributed by atoms with Crippen LogP contribution >= 0.6 is 0 Å². The number of aliphatic hydroxyl groups is 1. The quantitative estimate of drug-likeness (QED) is 0.177. The highest BCUT2D eigenvalue weighted by atomic mass is 16.5. The van der Waals surface area contributed by atoms with E-state index in [-0.39, 0.29) is 19.3 Å². The maximum atomic E-state index is 11.5. The zero-order valence-corrected chi connectivity index (χ0v) is 21.8. The molecule has 5 heteroatoms. The van der Waals surface area contributed by atoms with Crippen molar-refractivity contribution in [3.63, 3.8) is 0 Å². The molecule has 0 saturated heterocycles. The minimum Gasteiger partial charge on any atom is -0.491 e. The molecule has 3 rings (SSSR count). The van der Waals surface area contributed by atoms with Gasteiger partial charge in [0.05, 0.1) is 5.52 Å². The summed E-state index contributed by atoms with van der Waals surface area (Å²) in [6.45, 7) is 13.8. The summed E-state index contributed by atoms with van der Waals surface area (Å²) in [5.74, 6) is 0.148. The van der Waals surface area contributed by atoms with Crippen LogP contribution in [0.15, 0.2) is 54.6 Å². The van der Waals surface area contributed by atoms with Gasteiger partial charge >= 0.3 is 5.97 Å². The first-order valence-electron chi connectivity index (χ1n) is 12.6. The zero-order valence-electron chi connectivity index (χ0n) is 21.8. The van der Waals surface area contributed by atoms with Gasteiger partial charge in [-0.3, -0.25) is 0 Å². The van der Waals surface area contributed by atoms with Gasteiger partial charge in [-0.05, 0) is 69.9 Å². The van der Waals surface area contributed by atoms with Gasteiger partial charge in [-0.25, -0.2) is 4.79 Å². The van der Waals surface area contributed by atoms with E-state index in [1.54, 1.807) is 6.92 Å². The van der Waals surface area contributed by atoms with Crippen molar-refractivity contribution < 1.29 is 19.4 Å². The Labute approximate surface area is 209 Å². The molecular formula is C30H39NO4. The zero-order chi connectivity index (χ0) is 25.5. The molecule has 0 aliphatic rings. The fraction of sp³-hybridized carbons (Fsp3) is 0.433. The van der Waals surface area contributed by atoms with Crippen molar-refractivity contribution in [3.8, 4) is 17.0 Å². The second-order valence-corrected chi connectivity index (χ2v) is 9.66. The third kappa shape index (κ3) is 6.76. The van der Waals surface area contributed by atoms with Gasteiger partial charge in [0.2, 0.25) is 0 Å². The van der Waals surface area contributed by atoms with E-state index >= 15 is 0 Å². The third-order valence-electron chi connectivity index (χ3n) is 6.16. The van der Waals surface area contributed by atoms with Crippen LogP contribution in [-0.4, -0.2) is 35.0 Å². The van der Waals surface area contributed by atoms with Gasteiger partial charge in [0.25, 0.3) is 0 Å². The number of unbranched alkanes of at least 4 members (excludes halogenated alkanes) is 2. The number of rotatable bonds is 12. The SMILES string of the molecule is C=C(C)C(=O)OCC(O)COc1ccc2cc(-c3ccc(CCCCC)cc3C)n(C(C)C)c2c1. The molecule has 0 amide bonds. The van der Waals surface area contributed by atoms with E-state index in [2.05, 4.69) is 69.2 Å². The third-order valence-corrected chi connectivity index (χ3v) is 6.16. The summed E-state index contributed by atoms with van der Waals surface area (Å²) >= 11 is 0. The van der Waals surface area contributed by atoms with Gasteiger partial charge in [0, 0.05) is 34.3 Å². The van der Waals surface area contributed by atoms with E-state index < -0.39 is 12.1 Å². The smallest absolute Gasteiger partial charge is 0.333 e. The maximum absolute atomic E-state index is 11.5. The first kappa shape index (κ1) is 26.6. The highest BCUT2D eigenvalue weighted by Gasteiger charge is 2.16. The second-order valence-electron chi connectivity index (χ2n) is 9.66. The number of carbonyl (C=O) groups is 1. The molecule has 1 unspecified atom stereocenters. The number of aromatic nitrogens is 1. The summed E-state index contributed by atoms with van der Waals surface area (Å²) in [7, 11) is 0. The van der Waals surface area contributed by atoms with Gasteiger partial charge in [-0.2, -0.15) is 0 Å². The molecule has 0 aliphatic heterocycles. The average Bonchev–Trinajstić information content (AvgIpc) is 3.20. The Kier molecular flexibility index (Phi) is 9.16. The number of benzene rings is 2. The Hall–Kier alpha value is -3.05. The fourth-order valence-corrected chi connectivity index (χ4v) is 4.34. The predicted octanol–water partition coefficient (Wildman–Crippen LogP) is 6.79. The lowest BCUT2D eigenvalue weighted by molar-refractivity contribution is -0.142. The highest BCUT2D eigenvalue weighted by molar-refractivity contribution is 5.89. The first-order valence-corrected chi connectivity index (χ1v) is 12.6. The summed E-state index contributed by atoms with van der Waals surface area (Å²) < 4.78 is 13.2. The van der Waals surface area contributed by atoms with Gasteiger partial charge in [-0.1, -0.05) is 44.5 Å². The summed E-state index contributed by atoms with van der Waals surface area (Å²) in [5.41, 5.74) is 6.50. The van der Waals surface area contributed by atoms with Crippen LogP contribution in [0.25, 0.3) is 22.2 Å². The van der Waals surface area contributed by atoms with Crippen molar-refractivity contribution in [1.82, 2.24) is 4.57 Å². The van der Waals surface area contributed by atoms with Crippen molar-refractivity contribution in [2.75, 3.05) is 13.2 Å². The number of carbonyl (C=O) groups excluding carboxylic acids is 1. The summed E-state index contributed by atoms with van der Waals surface area (Å²) in [4.78, 5) is 11.5. The van der Waals surface area contributed by atoms with Crippen molar-refractivity contribution in [2.24, 2.45) is 0 Å². The summed E-state index contributed by atoms with van der Waals surface area (Å²) in [5, 5.41) is 11.3. The lowest BCUT2D eigenvalue weighted by Gasteiger charge is -2.17. The molecule has 0 spiro atoms. The molecule has 35 heavy (non-hydrogen) atoms. The Balaban J connectivity index is 1.81. The van der Waals surface area contributed by atoms with E-state index in [9.17, 15) is 9.90 Å². The molecule has 2 aromatic carbocycles. The van der Waals surface area contributed by atoms with Crippen LogP contribution in [0.2, 0.25) is 0 Å². The molecule has 5 nitrogen and oxygen atoms in total. The van der Waals surface area contributed by atoms with Crippen LogP contribution in [0.1, 0.15) is 64.1 Å². The minimum atomic E-state index is -0.917. The number of aliphatic hydroxyl groups excluding tert-OH is 1. The molecule has 1 N–H and O–H groups in total. The topological polar surface area (TPSA) is 60.7 Å². The molecule has 1 heterocycles. The number of hydrogen-bond acceptors (Lipinski definition) is 4. The minimum absolute atomic E-state index is 0.0306. The number of nitrogens with zero attached hydrogens (tertiary/aromatic N) is 1. The molecule has 1 aromatic heterocycles. The van der Waals surface area contributed by atoms with Gasteiger partial charge in [0.15, 0.2) is 0 Å². The Morgan fingerprint density at radius 3 is 2.51 bits per heavy atom. The van der Waals surface area contributed by atoms with Crippen LogP contribution in [0.3, 0.4) is 0 Å². The molecule has 1 atom stereocenters. The van der Waals surface area contributed by atoms with Gasteiger partial charge in [-0.15, -0.1) is 0 Å². The largest absolute Gasteiger partial charge is 0.491 e. The van der Waals surface area contributed by atoms with Crippen LogP contribution in [0.5, 0.6) is 5.75 Å². The Morgan fingerprint density at radius 1 is 1.09 bits per heavy atom. The van der Waals surface area contributed by atoms with E-state index in [1.165, 1.54) is 41.6 Å². The molecular weight excluding hydrogens is 438 g/mol. The number of aryl methyl sites for hydroxylation is 2. The highest BCUT2D eigenvalue weighted by Crippen LogP contribution is 2.35. The van der Waals surface area contributed by atoms with E-state index in [1.807, 2.05) is 12.1 Å². The van der Waals surface area contributed by atoms with Crippen LogP contribution < -0.4 is 4.74 Å². The molecule has 0 fully saturated rings. The first-order chi connectivity index (χ1) is 16.7. The molecule has 0 aliphatic carbocycles. The second kappa shape index (κ2) is 12.1. The number of ether oxygens (including phenoxy) is 2. The monoisotopic (exact) mass is 477 g/mol. The van der Waals surface area contributed by atoms with Gasteiger partial charge in [0.1, 0.15) is 25.1 Å². The molecule has 0 radical (unpaired) electrons. The molecule has 3 aromatic rings. The van der Waals surface area contributed by atoms with Crippen molar-refractivity contribution >= 4 is 16.9 Å². The maximum Gasteiger partial charge on any atom is 0.333 e. The van der Waals surface area contributed by atoms with Crippen LogP contribution in [0.4, 0.5) is 0 Å². The number of hydrogen-bond donors (Lipinski definition) is 1. The van der Waals surface area contributed by atoms with Crippen LogP contribution in [0, 0.1) is 6.92 Å². The Bertz CT molecular complexity index is 1170. The molecule has 0 saturated carbocycles. The van der Waals surface area contributed by atoms with E-state index in [0.717, 1.165) is 17.3 Å². The summed E-state index contributed by atoms with van der Waals surface area (Å²) in [6.07, 6.45) is 3.94. The van der Waals surface area contributed by atoms with Crippen molar-refractivity contribution in [1.29, 1.82) is 0 Å². The number of esters is 1. The summed E-state index contributed by atoms with van der Waals surface area (Å²) in [6, 6.07) is 15.3. The molecule has 0 bridgehead atoms.